The number of rotatable bonds is 3. The molecular formula is C24H18BrNO3. The fourth-order valence-corrected chi connectivity index (χ4v) is 3.78. The van der Waals surface area contributed by atoms with Crippen LogP contribution in [0.15, 0.2) is 88.9 Å². The molecule has 1 saturated heterocycles. The minimum absolute atomic E-state index is 0.0907. The largest absolute Gasteiger partial charge is 0.507 e. The second kappa shape index (κ2) is 7.68. The van der Waals surface area contributed by atoms with Crippen molar-refractivity contribution in [3.05, 3.63) is 106 Å². The van der Waals surface area contributed by atoms with Gasteiger partial charge in [-0.05, 0) is 36.8 Å². The van der Waals surface area contributed by atoms with E-state index < -0.39 is 17.7 Å². The maximum Gasteiger partial charge on any atom is 0.300 e. The summed E-state index contributed by atoms with van der Waals surface area (Å²) in [4.78, 5) is 27.4. The van der Waals surface area contributed by atoms with E-state index in [9.17, 15) is 14.7 Å². The van der Waals surface area contributed by atoms with Crippen molar-refractivity contribution in [3.8, 4) is 0 Å². The van der Waals surface area contributed by atoms with Crippen molar-refractivity contribution in [3.63, 3.8) is 0 Å². The molecule has 4 nitrogen and oxygen atoms in total. The number of carbonyl (C=O) groups is 2. The fraction of sp³-hybridized carbons (Fsp3) is 0.0833. The summed E-state index contributed by atoms with van der Waals surface area (Å²) in [5.41, 5.74) is 2.98. The third-order valence-electron chi connectivity index (χ3n) is 4.99. The Bertz CT molecular complexity index is 1100. The van der Waals surface area contributed by atoms with Crippen LogP contribution in [0.4, 0.5) is 5.69 Å². The molecule has 0 saturated carbocycles. The Morgan fingerprint density at radius 2 is 1.52 bits per heavy atom. The van der Waals surface area contributed by atoms with Crippen LogP contribution in [0.3, 0.4) is 0 Å². The van der Waals surface area contributed by atoms with Crippen LogP contribution in [-0.2, 0) is 9.59 Å². The zero-order valence-electron chi connectivity index (χ0n) is 15.7. The van der Waals surface area contributed by atoms with E-state index in [0.29, 0.717) is 11.3 Å². The smallest absolute Gasteiger partial charge is 0.300 e. The Morgan fingerprint density at radius 1 is 0.897 bits per heavy atom. The van der Waals surface area contributed by atoms with Gasteiger partial charge in [0.2, 0.25) is 0 Å². The maximum atomic E-state index is 13.0. The van der Waals surface area contributed by atoms with Crippen molar-refractivity contribution < 1.29 is 14.7 Å². The first-order valence-corrected chi connectivity index (χ1v) is 9.95. The van der Waals surface area contributed by atoms with Gasteiger partial charge < -0.3 is 5.11 Å². The summed E-state index contributed by atoms with van der Waals surface area (Å²) in [5, 5.41) is 11.0. The Morgan fingerprint density at radius 3 is 2.14 bits per heavy atom. The van der Waals surface area contributed by atoms with Crippen molar-refractivity contribution in [1.82, 2.24) is 0 Å². The molecule has 3 aromatic rings. The van der Waals surface area contributed by atoms with Crippen LogP contribution >= 0.6 is 15.9 Å². The number of aliphatic hydroxyl groups is 1. The van der Waals surface area contributed by atoms with E-state index in [1.807, 2.05) is 61.5 Å². The lowest BCUT2D eigenvalue weighted by Crippen LogP contribution is -2.29. The van der Waals surface area contributed by atoms with Gasteiger partial charge in [-0.3, -0.25) is 14.5 Å². The standard InChI is InChI=1S/C24H18BrNO3/c1-15-7-9-17(10-8-15)22(27)20-21(16-5-3-2-4-6-16)26(24(29)23(20)28)19-13-11-18(25)12-14-19/h2-14,21,27H,1H3/b22-20+. The number of hydrogen-bond donors (Lipinski definition) is 1. The van der Waals surface area contributed by atoms with E-state index in [2.05, 4.69) is 15.9 Å². The zero-order valence-corrected chi connectivity index (χ0v) is 17.3. The molecule has 5 heteroatoms. The first kappa shape index (κ1) is 19.2. The molecule has 0 bridgehead atoms. The summed E-state index contributed by atoms with van der Waals surface area (Å²) < 4.78 is 0.869. The lowest BCUT2D eigenvalue weighted by Gasteiger charge is -2.25. The number of carbonyl (C=O) groups excluding carboxylic acids is 2. The highest BCUT2D eigenvalue weighted by molar-refractivity contribution is 9.10. The number of amides is 1. The average molecular weight is 448 g/mol. The summed E-state index contributed by atoms with van der Waals surface area (Å²) in [5.74, 6) is -1.52. The van der Waals surface area contributed by atoms with E-state index in [1.54, 1.807) is 24.3 Å². The average Bonchev–Trinajstić information content (AvgIpc) is 3.00. The van der Waals surface area contributed by atoms with Gasteiger partial charge in [0.1, 0.15) is 5.76 Å². The highest BCUT2D eigenvalue weighted by Gasteiger charge is 2.46. The molecule has 1 fully saturated rings. The number of aliphatic hydroxyl groups excluding tert-OH is 1. The number of ketones is 1. The lowest BCUT2D eigenvalue weighted by molar-refractivity contribution is -0.132. The Hall–Kier alpha value is -3.18. The minimum Gasteiger partial charge on any atom is -0.507 e. The Labute approximate surface area is 177 Å². The molecule has 1 heterocycles. The molecule has 0 spiro atoms. The maximum absolute atomic E-state index is 13.0. The van der Waals surface area contributed by atoms with Crippen LogP contribution < -0.4 is 4.90 Å². The van der Waals surface area contributed by atoms with Crippen LogP contribution in [0.25, 0.3) is 5.76 Å². The number of nitrogens with zero attached hydrogens (tertiary/aromatic N) is 1. The normalized spacial score (nSPS) is 18.3. The third kappa shape index (κ3) is 3.49. The highest BCUT2D eigenvalue weighted by Crippen LogP contribution is 2.42. The van der Waals surface area contributed by atoms with E-state index in [4.69, 9.17) is 0 Å². The first-order valence-electron chi connectivity index (χ1n) is 9.16. The second-order valence-electron chi connectivity index (χ2n) is 6.92. The molecule has 29 heavy (non-hydrogen) atoms. The van der Waals surface area contributed by atoms with Crippen LogP contribution in [0, 0.1) is 6.92 Å². The van der Waals surface area contributed by atoms with E-state index in [-0.39, 0.29) is 11.3 Å². The van der Waals surface area contributed by atoms with Crippen LogP contribution in [0.2, 0.25) is 0 Å². The number of aryl methyl sites for hydroxylation is 1. The minimum atomic E-state index is -0.710. The first-order chi connectivity index (χ1) is 14.0. The lowest BCUT2D eigenvalue weighted by atomic mass is 9.95. The zero-order chi connectivity index (χ0) is 20.5. The van der Waals surface area contributed by atoms with E-state index in [1.165, 1.54) is 4.90 Å². The van der Waals surface area contributed by atoms with Crippen molar-refractivity contribution >= 4 is 39.1 Å². The molecule has 1 N–H and O–H groups in total. The summed E-state index contributed by atoms with van der Waals surface area (Å²) >= 11 is 3.39. The number of hydrogen-bond acceptors (Lipinski definition) is 3. The van der Waals surface area contributed by atoms with Crippen LogP contribution in [-0.4, -0.2) is 16.8 Å². The molecule has 1 aliphatic rings. The molecule has 0 radical (unpaired) electrons. The van der Waals surface area contributed by atoms with Gasteiger partial charge in [-0.15, -0.1) is 0 Å². The van der Waals surface area contributed by atoms with Crippen LogP contribution in [0.1, 0.15) is 22.7 Å². The number of benzene rings is 3. The molecule has 1 unspecified atom stereocenters. The summed E-state index contributed by atoms with van der Waals surface area (Å²) in [6.45, 7) is 1.94. The van der Waals surface area contributed by atoms with Crippen molar-refractivity contribution in [2.45, 2.75) is 13.0 Å². The molecule has 4 rings (SSSR count). The van der Waals surface area contributed by atoms with Gasteiger partial charge in [0.05, 0.1) is 11.6 Å². The molecule has 144 valence electrons. The van der Waals surface area contributed by atoms with Gasteiger partial charge in [0.15, 0.2) is 0 Å². The van der Waals surface area contributed by atoms with E-state index >= 15 is 0 Å². The predicted octanol–water partition coefficient (Wildman–Crippen LogP) is 5.38. The molecule has 3 aromatic carbocycles. The van der Waals surface area contributed by atoms with E-state index in [0.717, 1.165) is 15.6 Å². The Kier molecular flexibility index (Phi) is 5.07. The summed E-state index contributed by atoms with van der Waals surface area (Å²) in [6.07, 6.45) is 0. The number of Topliss-reactive ketones (excluding diaryl/α,β-unsaturated/α-hetero) is 1. The number of anilines is 1. The highest BCUT2D eigenvalue weighted by atomic mass is 79.9. The van der Waals surface area contributed by atoms with Crippen molar-refractivity contribution in [2.24, 2.45) is 0 Å². The second-order valence-corrected chi connectivity index (χ2v) is 7.84. The number of halogens is 1. The summed E-state index contributed by atoms with van der Waals surface area (Å²) in [6, 6.07) is 23.0. The molecule has 0 aromatic heterocycles. The predicted molar refractivity (Wildman–Crippen MR) is 117 cm³/mol. The fourth-order valence-electron chi connectivity index (χ4n) is 3.52. The van der Waals surface area contributed by atoms with Gasteiger partial charge in [-0.2, -0.15) is 0 Å². The molecular weight excluding hydrogens is 430 g/mol. The Balaban J connectivity index is 1.93. The van der Waals surface area contributed by atoms with Gasteiger partial charge >= 0.3 is 0 Å². The topological polar surface area (TPSA) is 57.6 Å². The quantitative estimate of drug-likeness (QED) is 0.332. The molecule has 1 aliphatic heterocycles. The molecule has 1 atom stereocenters. The van der Waals surface area contributed by atoms with Crippen molar-refractivity contribution in [1.29, 1.82) is 0 Å². The van der Waals surface area contributed by atoms with Gasteiger partial charge in [0.25, 0.3) is 11.7 Å². The van der Waals surface area contributed by atoms with Gasteiger partial charge in [-0.1, -0.05) is 76.1 Å². The molecule has 0 aliphatic carbocycles. The third-order valence-corrected chi connectivity index (χ3v) is 5.52. The van der Waals surface area contributed by atoms with Crippen molar-refractivity contribution in [2.75, 3.05) is 4.90 Å². The SMILES string of the molecule is Cc1ccc(/C(O)=C2\C(=O)C(=O)N(c3ccc(Br)cc3)C2c2ccccc2)cc1. The van der Waals surface area contributed by atoms with Gasteiger partial charge in [0, 0.05) is 15.7 Å². The molecule has 1 amide bonds. The van der Waals surface area contributed by atoms with Gasteiger partial charge in [-0.25, -0.2) is 0 Å². The summed E-state index contributed by atoms with van der Waals surface area (Å²) in [7, 11) is 0. The van der Waals surface area contributed by atoms with Crippen LogP contribution in [0.5, 0.6) is 0 Å². The monoisotopic (exact) mass is 447 g/mol.